The third kappa shape index (κ3) is 3.92. The summed E-state index contributed by atoms with van der Waals surface area (Å²) in [5, 5.41) is 9.14. The summed E-state index contributed by atoms with van der Waals surface area (Å²) in [6.07, 6.45) is -6.65. The van der Waals surface area contributed by atoms with Crippen LogP contribution in [-0.4, -0.2) is 47.0 Å². The number of ether oxygens (including phenoxy) is 2. The molecule has 1 aliphatic rings. The molecule has 2 aromatic carbocycles. The van der Waals surface area contributed by atoms with Crippen molar-refractivity contribution in [2.75, 3.05) is 12.4 Å². The lowest BCUT2D eigenvalue weighted by Crippen LogP contribution is -2.47. The number of alkyl halides is 3. The second-order valence-corrected chi connectivity index (χ2v) is 8.63. The van der Waals surface area contributed by atoms with Crippen LogP contribution in [0.3, 0.4) is 0 Å². The highest BCUT2D eigenvalue weighted by Crippen LogP contribution is 2.55. The van der Waals surface area contributed by atoms with Gasteiger partial charge in [0.2, 0.25) is 5.82 Å². The Morgan fingerprint density at radius 1 is 1.22 bits per heavy atom. The quantitative estimate of drug-likeness (QED) is 0.446. The largest absolute Gasteiger partial charge is 0.493 e. The number of anilines is 1. The van der Waals surface area contributed by atoms with Gasteiger partial charge in [0.1, 0.15) is 6.10 Å². The van der Waals surface area contributed by atoms with Crippen LogP contribution >= 0.6 is 0 Å². The van der Waals surface area contributed by atoms with Crippen molar-refractivity contribution in [1.82, 2.24) is 10.2 Å². The molecule has 0 aliphatic carbocycles. The minimum absolute atomic E-state index is 0.0964. The lowest BCUT2D eigenvalue weighted by molar-refractivity contribution is -0.272. The van der Waals surface area contributed by atoms with Gasteiger partial charge in [-0.3, -0.25) is 14.7 Å². The highest BCUT2D eigenvalue weighted by atomic mass is 19.4. The Labute approximate surface area is 200 Å². The van der Waals surface area contributed by atoms with Crippen LogP contribution in [0.15, 0.2) is 30.3 Å². The maximum absolute atomic E-state index is 14.5. The zero-order valence-corrected chi connectivity index (χ0v) is 19.2. The van der Waals surface area contributed by atoms with Crippen LogP contribution in [0.2, 0.25) is 0 Å². The van der Waals surface area contributed by atoms with E-state index in [1.165, 1.54) is 25.1 Å². The maximum atomic E-state index is 14.5. The van der Waals surface area contributed by atoms with Gasteiger partial charge in [0.05, 0.1) is 12.6 Å². The highest BCUT2D eigenvalue weighted by molar-refractivity contribution is 6.05. The monoisotopic (exact) mass is 512 g/mol. The van der Waals surface area contributed by atoms with Crippen molar-refractivity contribution in [3.63, 3.8) is 0 Å². The summed E-state index contributed by atoms with van der Waals surface area (Å²) in [6, 6.07) is 6.10. The van der Waals surface area contributed by atoms with E-state index >= 15 is 0 Å². The SMILES string of the molecule is COc1c([C@H]2[C@H](C(=O)Nc3ccc4[nH]nc(C(N)=O)c4c3)O[C@@](C)(C(F)(F)F)[C@H]2C)ccc(F)c1F. The summed E-state index contributed by atoms with van der Waals surface area (Å²) in [5.41, 5.74) is 2.80. The van der Waals surface area contributed by atoms with Crippen LogP contribution in [0.1, 0.15) is 35.8 Å². The van der Waals surface area contributed by atoms with Gasteiger partial charge in [0, 0.05) is 28.5 Å². The predicted molar refractivity (Wildman–Crippen MR) is 117 cm³/mol. The fourth-order valence-corrected chi connectivity index (χ4v) is 4.53. The van der Waals surface area contributed by atoms with E-state index in [0.717, 1.165) is 26.2 Å². The fourth-order valence-electron chi connectivity index (χ4n) is 4.53. The first-order chi connectivity index (χ1) is 16.8. The van der Waals surface area contributed by atoms with Crippen molar-refractivity contribution in [3.8, 4) is 5.75 Å². The summed E-state index contributed by atoms with van der Waals surface area (Å²) < 4.78 is 80.7. The maximum Gasteiger partial charge on any atom is 0.417 e. The molecule has 1 saturated heterocycles. The van der Waals surface area contributed by atoms with Crippen LogP contribution in [0.25, 0.3) is 10.9 Å². The van der Waals surface area contributed by atoms with Crippen molar-refractivity contribution < 1.29 is 41.0 Å². The third-order valence-corrected chi connectivity index (χ3v) is 6.63. The Morgan fingerprint density at radius 2 is 1.92 bits per heavy atom. The zero-order chi connectivity index (χ0) is 26.6. The molecule has 2 amide bonds. The topological polar surface area (TPSA) is 119 Å². The first-order valence-corrected chi connectivity index (χ1v) is 10.7. The molecule has 0 radical (unpaired) electrons. The number of nitrogens with zero attached hydrogens (tertiary/aromatic N) is 1. The van der Waals surface area contributed by atoms with E-state index in [-0.39, 0.29) is 22.3 Å². The molecule has 1 aromatic heterocycles. The number of H-pyrrole nitrogens is 1. The second-order valence-electron chi connectivity index (χ2n) is 8.63. The average molecular weight is 512 g/mol. The molecule has 8 nitrogen and oxygen atoms in total. The van der Waals surface area contributed by atoms with E-state index in [1.807, 2.05) is 0 Å². The van der Waals surface area contributed by atoms with Gasteiger partial charge >= 0.3 is 6.18 Å². The number of halogens is 5. The normalized spacial score (nSPS) is 24.2. The van der Waals surface area contributed by atoms with Crippen LogP contribution in [-0.2, 0) is 9.53 Å². The number of carbonyl (C=O) groups is 2. The summed E-state index contributed by atoms with van der Waals surface area (Å²) >= 11 is 0. The number of hydrogen-bond donors (Lipinski definition) is 3. The van der Waals surface area contributed by atoms with E-state index in [2.05, 4.69) is 15.5 Å². The molecule has 0 spiro atoms. The predicted octanol–water partition coefficient (Wildman–Crippen LogP) is 4.03. The summed E-state index contributed by atoms with van der Waals surface area (Å²) in [4.78, 5) is 24.9. The summed E-state index contributed by atoms with van der Waals surface area (Å²) in [6.45, 7) is 2.00. The molecule has 192 valence electrons. The van der Waals surface area contributed by atoms with E-state index in [1.54, 1.807) is 0 Å². The van der Waals surface area contributed by atoms with Gasteiger partial charge in [-0.25, -0.2) is 4.39 Å². The van der Waals surface area contributed by atoms with Crippen molar-refractivity contribution in [2.24, 2.45) is 11.7 Å². The molecule has 13 heteroatoms. The minimum Gasteiger partial charge on any atom is -0.493 e. The van der Waals surface area contributed by atoms with Crippen molar-refractivity contribution in [3.05, 3.63) is 53.2 Å². The number of fused-ring (bicyclic) bond motifs is 1. The number of primary amides is 1. The smallest absolute Gasteiger partial charge is 0.417 e. The molecule has 4 rings (SSSR count). The van der Waals surface area contributed by atoms with Crippen LogP contribution < -0.4 is 15.8 Å². The number of nitrogens with two attached hydrogens (primary N) is 1. The fraction of sp³-hybridized carbons (Fsp3) is 0.348. The Morgan fingerprint density at radius 3 is 2.53 bits per heavy atom. The molecule has 0 bridgehead atoms. The summed E-state index contributed by atoms with van der Waals surface area (Å²) in [7, 11) is 1.04. The lowest BCUT2D eigenvalue weighted by Gasteiger charge is -2.32. The highest BCUT2D eigenvalue weighted by Gasteiger charge is 2.65. The van der Waals surface area contributed by atoms with E-state index < -0.39 is 58.9 Å². The number of methoxy groups -OCH3 is 1. The van der Waals surface area contributed by atoms with Gasteiger partial charge in [-0.1, -0.05) is 13.0 Å². The first kappa shape index (κ1) is 25.4. The van der Waals surface area contributed by atoms with Crippen molar-refractivity contribution in [2.45, 2.75) is 37.6 Å². The van der Waals surface area contributed by atoms with E-state index in [0.29, 0.717) is 5.52 Å². The summed E-state index contributed by atoms with van der Waals surface area (Å²) in [5.74, 6) is -7.85. The molecule has 36 heavy (non-hydrogen) atoms. The molecule has 2 heterocycles. The molecular formula is C23H21F5N4O4. The van der Waals surface area contributed by atoms with Crippen LogP contribution in [0, 0.1) is 17.6 Å². The Bertz CT molecular complexity index is 1360. The number of carbonyl (C=O) groups excluding carboxylic acids is 2. The second kappa shape index (κ2) is 8.73. The molecule has 1 aliphatic heterocycles. The number of nitrogens with one attached hydrogen (secondary N) is 2. The lowest BCUT2D eigenvalue weighted by atomic mass is 9.77. The average Bonchev–Trinajstić information content (AvgIpc) is 3.35. The third-order valence-electron chi connectivity index (χ3n) is 6.63. The molecular weight excluding hydrogens is 491 g/mol. The van der Waals surface area contributed by atoms with Crippen LogP contribution in [0.5, 0.6) is 5.75 Å². The number of benzene rings is 2. The first-order valence-electron chi connectivity index (χ1n) is 10.7. The van der Waals surface area contributed by atoms with Crippen molar-refractivity contribution >= 4 is 28.4 Å². The van der Waals surface area contributed by atoms with E-state index in [9.17, 15) is 31.5 Å². The zero-order valence-electron chi connectivity index (χ0n) is 19.2. The van der Waals surface area contributed by atoms with Crippen LogP contribution in [0.4, 0.5) is 27.6 Å². The van der Waals surface area contributed by atoms with Gasteiger partial charge in [-0.05, 0) is 31.2 Å². The molecule has 1 fully saturated rings. The van der Waals surface area contributed by atoms with Gasteiger partial charge in [0.25, 0.3) is 11.8 Å². The number of rotatable bonds is 5. The standard InChI is InChI=1S/C23H21F5N4O4/c1-9-15(11-5-6-13(24)16(25)18(11)35-3)19(36-22(9,2)23(26,27)28)21(34)30-10-4-7-14-12(8-10)17(20(29)33)32-31-14/h4-9,15,19H,1-3H3,(H2,29,33)(H,30,34)(H,31,32)/t9-,15-,19+,22+/m0/s1. The number of aromatic amines is 1. The van der Waals surface area contributed by atoms with Gasteiger partial charge in [-0.15, -0.1) is 0 Å². The Balaban J connectivity index is 1.77. The van der Waals surface area contributed by atoms with Gasteiger partial charge < -0.3 is 20.5 Å². The Kier molecular flexibility index (Phi) is 6.15. The number of amides is 2. The molecule has 4 atom stereocenters. The molecule has 3 aromatic rings. The van der Waals surface area contributed by atoms with Crippen molar-refractivity contribution in [1.29, 1.82) is 0 Å². The molecule has 0 unspecified atom stereocenters. The molecule has 4 N–H and O–H groups in total. The van der Waals surface area contributed by atoms with Gasteiger partial charge in [0.15, 0.2) is 22.9 Å². The number of hydrogen-bond acceptors (Lipinski definition) is 5. The minimum atomic E-state index is -4.89. The van der Waals surface area contributed by atoms with E-state index in [4.69, 9.17) is 15.2 Å². The molecule has 0 saturated carbocycles. The Hall–Kier alpha value is -3.74. The number of aromatic nitrogens is 2. The van der Waals surface area contributed by atoms with Gasteiger partial charge in [-0.2, -0.15) is 22.7 Å².